The van der Waals surface area contributed by atoms with Gasteiger partial charge in [-0.15, -0.1) is 23.2 Å². The Balaban J connectivity index is 1.83. The molecule has 0 radical (unpaired) electrons. The monoisotopic (exact) mass is 337 g/mol. The summed E-state index contributed by atoms with van der Waals surface area (Å²) in [5, 5.41) is 7.78. The second-order valence-electron chi connectivity index (χ2n) is 5.65. The number of aryl methyl sites for hydroxylation is 1. The summed E-state index contributed by atoms with van der Waals surface area (Å²) < 4.78 is 1.70. The van der Waals surface area contributed by atoms with Crippen molar-refractivity contribution in [1.29, 1.82) is 0 Å². The third-order valence-electron chi connectivity index (χ3n) is 4.09. The van der Waals surface area contributed by atoms with Gasteiger partial charge >= 0.3 is 0 Å². The zero-order chi connectivity index (χ0) is 15.9. The maximum Gasteiger partial charge on any atom is 0.272 e. The summed E-state index contributed by atoms with van der Waals surface area (Å²) in [6.45, 7) is 3.92. The standard InChI is InChI=1S/C16H17Cl2N3O/c1-9-7-12(18)13(8-11(9)17)19-16(22)15-10-5-3-4-6-14(10)21(2)20-15/h3-6,11-13H,1,7-8H2,2H3,(H,19,22). The van der Waals surface area contributed by atoms with Gasteiger partial charge in [-0.25, -0.2) is 0 Å². The Bertz CT molecular complexity index is 740. The van der Waals surface area contributed by atoms with Gasteiger partial charge in [-0.05, 0) is 18.9 Å². The predicted molar refractivity (Wildman–Crippen MR) is 89.6 cm³/mol. The zero-order valence-electron chi connectivity index (χ0n) is 12.2. The van der Waals surface area contributed by atoms with E-state index >= 15 is 0 Å². The summed E-state index contributed by atoms with van der Waals surface area (Å²) in [5.74, 6) is -0.219. The molecule has 3 atom stereocenters. The number of rotatable bonds is 2. The number of nitrogens with zero attached hydrogens (tertiary/aromatic N) is 2. The Hall–Kier alpha value is -1.52. The lowest BCUT2D eigenvalue weighted by Gasteiger charge is -2.32. The van der Waals surface area contributed by atoms with Crippen molar-refractivity contribution in [2.45, 2.75) is 29.6 Å². The number of halogens is 2. The van der Waals surface area contributed by atoms with Crippen molar-refractivity contribution in [2.24, 2.45) is 7.05 Å². The molecule has 0 aliphatic heterocycles. The molecule has 3 rings (SSSR count). The second-order valence-corrected chi connectivity index (χ2v) is 6.74. The predicted octanol–water partition coefficient (Wildman–Crippen LogP) is 3.24. The van der Waals surface area contributed by atoms with Crippen molar-refractivity contribution in [3.8, 4) is 0 Å². The molecule has 6 heteroatoms. The Labute approximate surface area is 139 Å². The molecule has 1 aliphatic carbocycles. The van der Waals surface area contributed by atoms with Crippen LogP contribution in [-0.4, -0.2) is 32.5 Å². The molecule has 1 amide bonds. The van der Waals surface area contributed by atoms with Crippen LogP contribution in [0, 0.1) is 0 Å². The molecule has 1 aliphatic rings. The number of carbonyl (C=O) groups is 1. The first-order valence-corrected chi connectivity index (χ1v) is 8.03. The summed E-state index contributed by atoms with van der Waals surface area (Å²) in [4.78, 5) is 12.6. The van der Waals surface area contributed by atoms with Gasteiger partial charge in [0.25, 0.3) is 5.91 Å². The summed E-state index contributed by atoms with van der Waals surface area (Å²) in [5.41, 5.74) is 2.26. The van der Waals surface area contributed by atoms with E-state index in [0.29, 0.717) is 18.5 Å². The van der Waals surface area contributed by atoms with E-state index in [1.807, 2.05) is 31.3 Å². The number of carbonyl (C=O) groups excluding carboxylic acids is 1. The van der Waals surface area contributed by atoms with Gasteiger partial charge in [0.15, 0.2) is 5.69 Å². The number of allylic oxidation sites excluding steroid dienone is 1. The molecule has 1 aromatic carbocycles. The molecular weight excluding hydrogens is 321 g/mol. The molecule has 0 spiro atoms. The van der Waals surface area contributed by atoms with Crippen molar-refractivity contribution < 1.29 is 4.79 Å². The number of amides is 1. The minimum absolute atomic E-state index is 0.152. The van der Waals surface area contributed by atoms with Crippen LogP contribution in [-0.2, 0) is 7.05 Å². The van der Waals surface area contributed by atoms with Gasteiger partial charge in [-0.3, -0.25) is 9.48 Å². The highest BCUT2D eigenvalue weighted by molar-refractivity contribution is 6.24. The van der Waals surface area contributed by atoms with Gasteiger partial charge in [0.05, 0.1) is 16.3 Å². The highest BCUT2D eigenvalue weighted by Gasteiger charge is 2.32. The second kappa shape index (κ2) is 5.94. The van der Waals surface area contributed by atoms with E-state index in [-0.39, 0.29) is 22.7 Å². The lowest BCUT2D eigenvalue weighted by molar-refractivity contribution is 0.0927. The van der Waals surface area contributed by atoms with Crippen molar-refractivity contribution in [1.82, 2.24) is 15.1 Å². The number of alkyl halides is 2. The van der Waals surface area contributed by atoms with Crippen LogP contribution in [0.25, 0.3) is 10.9 Å². The largest absolute Gasteiger partial charge is 0.346 e. The van der Waals surface area contributed by atoms with Crippen LogP contribution in [0.1, 0.15) is 23.3 Å². The summed E-state index contributed by atoms with van der Waals surface area (Å²) in [7, 11) is 1.82. The van der Waals surface area contributed by atoms with Crippen molar-refractivity contribution in [3.63, 3.8) is 0 Å². The van der Waals surface area contributed by atoms with E-state index in [0.717, 1.165) is 16.5 Å². The molecular formula is C16H17Cl2N3O. The van der Waals surface area contributed by atoms with Crippen molar-refractivity contribution in [3.05, 3.63) is 42.1 Å². The normalized spacial score (nSPS) is 25.4. The number of benzene rings is 1. The SMILES string of the molecule is C=C1CC(Cl)C(NC(=O)c2nn(C)c3ccccc23)CC1Cl. The minimum atomic E-state index is -0.219. The first kappa shape index (κ1) is 15.4. The average molecular weight is 338 g/mol. The van der Waals surface area contributed by atoms with Crippen LogP contribution in [0.5, 0.6) is 0 Å². The molecule has 1 aromatic heterocycles. The zero-order valence-corrected chi connectivity index (χ0v) is 13.7. The fourth-order valence-corrected chi connectivity index (χ4v) is 3.47. The van der Waals surface area contributed by atoms with E-state index in [4.69, 9.17) is 23.2 Å². The molecule has 2 aromatic rings. The third kappa shape index (κ3) is 2.73. The molecule has 0 bridgehead atoms. The highest BCUT2D eigenvalue weighted by Crippen LogP contribution is 2.31. The molecule has 1 fully saturated rings. The highest BCUT2D eigenvalue weighted by atomic mass is 35.5. The minimum Gasteiger partial charge on any atom is -0.346 e. The van der Waals surface area contributed by atoms with Crippen LogP contribution >= 0.6 is 23.2 Å². The maximum atomic E-state index is 12.6. The van der Waals surface area contributed by atoms with Gasteiger partial charge < -0.3 is 5.32 Å². The number of para-hydroxylation sites is 1. The number of hydrogen-bond donors (Lipinski definition) is 1. The first-order valence-electron chi connectivity index (χ1n) is 7.15. The van der Waals surface area contributed by atoms with Crippen molar-refractivity contribution >= 4 is 40.0 Å². The van der Waals surface area contributed by atoms with Gasteiger partial charge in [0, 0.05) is 18.5 Å². The van der Waals surface area contributed by atoms with Crippen LogP contribution in [0.4, 0.5) is 0 Å². The van der Waals surface area contributed by atoms with E-state index in [2.05, 4.69) is 17.0 Å². The maximum absolute atomic E-state index is 12.6. The molecule has 1 heterocycles. The lowest BCUT2D eigenvalue weighted by atomic mass is 9.90. The van der Waals surface area contributed by atoms with Crippen molar-refractivity contribution in [2.75, 3.05) is 0 Å². The Morgan fingerprint density at radius 1 is 1.41 bits per heavy atom. The van der Waals surface area contributed by atoms with E-state index in [1.165, 1.54) is 0 Å². The summed E-state index contributed by atoms with van der Waals surface area (Å²) >= 11 is 12.6. The quantitative estimate of drug-likeness (QED) is 0.675. The van der Waals surface area contributed by atoms with Gasteiger partial charge in [-0.2, -0.15) is 5.10 Å². The molecule has 1 saturated carbocycles. The smallest absolute Gasteiger partial charge is 0.272 e. The van der Waals surface area contributed by atoms with E-state index < -0.39 is 0 Å². The number of aromatic nitrogens is 2. The Morgan fingerprint density at radius 3 is 2.91 bits per heavy atom. The fourth-order valence-electron chi connectivity index (χ4n) is 2.83. The molecule has 22 heavy (non-hydrogen) atoms. The molecule has 116 valence electrons. The van der Waals surface area contributed by atoms with Gasteiger partial charge in [0.2, 0.25) is 0 Å². The summed E-state index contributed by atoms with van der Waals surface area (Å²) in [6.07, 6.45) is 1.20. The lowest BCUT2D eigenvalue weighted by Crippen LogP contribution is -2.46. The van der Waals surface area contributed by atoms with E-state index in [1.54, 1.807) is 4.68 Å². The number of hydrogen-bond acceptors (Lipinski definition) is 2. The van der Waals surface area contributed by atoms with Crippen LogP contribution in [0.2, 0.25) is 0 Å². The fraction of sp³-hybridized carbons (Fsp3) is 0.375. The topological polar surface area (TPSA) is 46.9 Å². The number of nitrogens with one attached hydrogen (secondary N) is 1. The van der Waals surface area contributed by atoms with E-state index in [9.17, 15) is 4.79 Å². The Morgan fingerprint density at radius 2 is 2.14 bits per heavy atom. The number of fused-ring (bicyclic) bond motifs is 1. The molecule has 4 nitrogen and oxygen atoms in total. The molecule has 3 unspecified atom stereocenters. The van der Waals surface area contributed by atoms with Crippen LogP contribution in [0.15, 0.2) is 36.4 Å². The summed E-state index contributed by atoms with van der Waals surface area (Å²) in [6, 6.07) is 7.46. The Kier molecular flexibility index (Phi) is 4.15. The first-order chi connectivity index (χ1) is 10.5. The van der Waals surface area contributed by atoms with Crippen LogP contribution < -0.4 is 5.32 Å². The van der Waals surface area contributed by atoms with Gasteiger partial charge in [0.1, 0.15) is 0 Å². The average Bonchev–Trinajstić information content (AvgIpc) is 2.83. The molecule has 1 N–H and O–H groups in total. The third-order valence-corrected chi connectivity index (χ3v) is 5.03. The molecule has 0 saturated heterocycles. The van der Waals surface area contributed by atoms with Crippen LogP contribution in [0.3, 0.4) is 0 Å². The van der Waals surface area contributed by atoms with Gasteiger partial charge in [-0.1, -0.05) is 30.4 Å².